The summed E-state index contributed by atoms with van der Waals surface area (Å²) >= 11 is 0. The Morgan fingerprint density at radius 1 is 1.12 bits per heavy atom. The van der Waals surface area contributed by atoms with E-state index in [0.717, 1.165) is 0 Å². The molecule has 134 valence electrons. The molecule has 0 aliphatic rings. The molecule has 0 bridgehead atoms. The van der Waals surface area contributed by atoms with Crippen molar-refractivity contribution in [1.82, 2.24) is 9.97 Å². The summed E-state index contributed by atoms with van der Waals surface area (Å²) in [4.78, 5) is 19.6. The molecule has 0 saturated carbocycles. The van der Waals surface area contributed by atoms with Gasteiger partial charge >= 0.3 is 0 Å². The van der Waals surface area contributed by atoms with Crippen molar-refractivity contribution in [3.05, 3.63) is 36.7 Å². The first-order chi connectivity index (χ1) is 11.6. The van der Waals surface area contributed by atoms with E-state index in [1.807, 2.05) is 0 Å². The number of carbonyl (C=O) groups is 1. The van der Waals surface area contributed by atoms with E-state index in [1.165, 1.54) is 43.8 Å². The molecule has 25 heavy (non-hydrogen) atoms. The minimum Gasteiger partial charge on any atom is -0.481 e. The summed E-state index contributed by atoms with van der Waals surface area (Å²) < 4.78 is 32.1. The molecule has 0 saturated heterocycles. The van der Waals surface area contributed by atoms with Crippen molar-refractivity contribution in [3.8, 4) is 5.88 Å². The number of anilines is 2. The number of rotatable bonds is 5. The number of nitrogens with zero attached hydrogens (tertiary/aromatic N) is 2. The van der Waals surface area contributed by atoms with Crippen LogP contribution in [0.2, 0.25) is 0 Å². The topological polar surface area (TPSA) is 110 Å². The second kappa shape index (κ2) is 7.06. The first kappa shape index (κ1) is 18.7. The van der Waals surface area contributed by atoms with E-state index in [1.54, 1.807) is 20.8 Å². The molecule has 2 N–H and O–H groups in total. The van der Waals surface area contributed by atoms with E-state index in [0.29, 0.717) is 5.69 Å². The zero-order chi connectivity index (χ0) is 18.7. The first-order valence-corrected chi connectivity index (χ1v) is 8.90. The van der Waals surface area contributed by atoms with Crippen molar-refractivity contribution >= 4 is 27.4 Å². The molecule has 9 heteroatoms. The van der Waals surface area contributed by atoms with Gasteiger partial charge in [0.1, 0.15) is 12.1 Å². The van der Waals surface area contributed by atoms with Crippen LogP contribution in [-0.4, -0.2) is 31.4 Å². The number of methoxy groups -OCH3 is 1. The molecular weight excluding hydrogens is 344 g/mol. The third kappa shape index (κ3) is 4.90. The van der Waals surface area contributed by atoms with Gasteiger partial charge in [0, 0.05) is 17.2 Å². The van der Waals surface area contributed by atoms with Crippen molar-refractivity contribution in [2.75, 3.05) is 17.1 Å². The molecule has 0 unspecified atom stereocenters. The molecular formula is C16H20N4O4S. The number of ether oxygens (including phenoxy) is 1. The summed E-state index contributed by atoms with van der Waals surface area (Å²) in [5, 5.41) is 2.73. The quantitative estimate of drug-likeness (QED) is 0.842. The summed E-state index contributed by atoms with van der Waals surface area (Å²) in [5.74, 6) is 0.180. The lowest BCUT2D eigenvalue weighted by Crippen LogP contribution is -2.27. The Labute approximate surface area is 146 Å². The van der Waals surface area contributed by atoms with E-state index >= 15 is 0 Å². The van der Waals surface area contributed by atoms with Crippen molar-refractivity contribution in [3.63, 3.8) is 0 Å². The lowest BCUT2D eigenvalue weighted by Gasteiger charge is -2.17. The number of nitrogens with one attached hydrogen (secondary N) is 2. The SMILES string of the molecule is COc1cc(NS(=O)(=O)c2ccc(NC(=O)C(C)(C)C)cc2)ncn1. The summed E-state index contributed by atoms with van der Waals surface area (Å²) in [7, 11) is -2.40. The van der Waals surface area contributed by atoms with Gasteiger partial charge in [-0.2, -0.15) is 0 Å². The molecule has 0 fully saturated rings. The fourth-order valence-corrected chi connectivity index (χ4v) is 2.74. The Morgan fingerprint density at radius 2 is 1.76 bits per heavy atom. The second-order valence-electron chi connectivity index (χ2n) is 6.28. The lowest BCUT2D eigenvalue weighted by atomic mass is 9.95. The highest BCUT2D eigenvalue weighted by molar-refractivity contribution is 7.92. The summed E-state index contributed by atoms with van der Waals surface area (Å²) in [6.45, 7) is 5.38. The van der Waals surface area contributed by atoms with Gasteiger partial charge in [-0.05, 0) is 24.3 Å². The van der Waals surface area contributed by atoms with Crippen LogP contribution < -0.4 is 14.8 Å². The predicted octanol–water partition coefficient (Wildman–Crippen LogP) is 2.27. The minimum atomic E-state index is -3.82. The fourth-order valence-electron chi connectivity index (χ4n) is 1.74. The van der Waals surface area contributed by atoms with Crippen LogP contribution in [0.25, 0.3) is 0 Å². The molecule has 2 aromatic rings. The van der Waals surface area contributed by atoms with Crippen molar-refractivity contribution in [2.24, 2.45) is 5.41 Å². The van der Waals surface area contributed by atoms with Gasteiger partial charge in [0.25, 0.3) is 10.0 Å². The average Bonchev–Trinajstić information content (AvgIpc) is 2.54. The number of amides is 1. The highest BCUT2D eigenvalue weighted by Gasteiger charge is 2.21. The molecule has 2 rings (SSSR count). The summed E-state index contributed by atoms with van der Waals surface area (Å²) in [6.07, 6.45) is 1.20. The highest BCUT2D eigenvalue weighted by atomic mass is 32.2. The monoisotopic (exact) mass is 364 g/mol. The number of carbonyl (C=O) groups excluding carboxylic acids is 1. The molecule has 0 aliphatic heterocycles. The Hall–Kier alpha value is -2.68. The summed E-state index contributed by atoms with van der Waals surface area (Å²) in [6, 6.07) is 7.23. The standard InChI is InChI=1S/C16H20N4O4S/c1-16(2,3)15(21)19-11-5-7-12(8-6-11)25(22,23)20-13-9-14(24-4)18-10-17-13/h5-10H,1-4H3,(H,19,21)(H,17,18,20). The van der Waals surface area contributed by atoms with Gasteiger partial charge in [0.15, 0.2) is 0 Å². The van der Waals surface area contributed by atoms with Crippen LogP contribution in [-0.2, 0) is 14.8 Å². The van der Waals surface area contributed by atoms with Gasteiger partial charge < -0.3 is 10.1 Å². The summed E-state index contributed by atoms with van der Waals surface area (Å²) in [5.41, 5.74) is -0.0270. The van der Waals surface area contributed by atoms with E-state index in [-0.39, 0.29) is 22.5 Å². The minimum absolute atomic E-state index is 0.0406. The maximum Gasteiger partial charge on any atom is 0.263 e. The molecule has 1 aromatic carbocycles. The normalized spacial score (nSPS) is 11.7. The molecule has 8 nitrogen and oxygen atoms in total. The van der Waals surface area contributed by atoms with Gasteiger partial charge in [-0.15, -0.1) is 0 Å². The number of aromatic nitrogens is 2. The van der Waals surface area contributed by atoms with E-state index in [9.17, 15) is 13.2 Å². The Morgan fingerprint density at radius 3 is 2.32 bits per heavy atom. The molecule has 1 aromatic heterocycles. The van der Waals surface area contributed by atoms with Crippen LogP contribution in [0.15, 0.2) is 41.6 Å². The third-order valence-corrected chi connectivity index (χ3v) is 4.56. The van der Waals surface area contributed by atoms with Crippen LogP contribution >= 0.6 is 0 Å². The first-order valence-electron chi connectivity index (χ1n) is 7.42. The van der Waals surface area contributed by atoms with E-state index < -0.39 is 15.4 Å². The zero-order valence-electron chi connectivity index (χ0n) is 14.4. The lowest BCUT2D eigenvalue weighted by molar-refractivity contribution is -0.123. The van der Waals surface area contributed by atoms with Crippen LogP contribution in [0.5, 0.6) is 5.88 Å². The number of benzene rings is 1. The van der Waals surface area contributed by atoms with Crippen molar-refractivity contribution < 1.29 is 17.9 Å². The third-order valence-electron chi connectivity index (χ3n) is 3.19. The maximum absolute atomic E-state index is 12.4. The van der Waals surface area contributed by atoms with Crippen LogP contribution in [0, 0.1) is 5.41 Å². The Kier molecular flexibility index (Phi) is 5.27. The smallest absolute Gasteiger partial charge is 0.263 e. The van der Waals surface area contributed by atoms with Gasteiger partial charge in [0.2, 0.25) is 11.8 Å². The molecule has 0 radical (unpaired) electrons. The fraction of sp³-hybridized carbons (Fsp3) is 0.312. The van der Waals surface area contributed by atoms with Gasteiger partial charge in [-0.1, -0.05) is 20.8 Å². The maximum atomic E-state index is 12.4. The zero-order valence-corrected chi connectivity index (χ0v) is 15.2. The number of hydrogen-bond donors (Lipinski definition) is 2. The number of sulfonamides is 1. The van der Waals surface area contributed by atoms with Crippen LogP contribution in [0.3, 0.4) is 0 Å². The molecule has 0 aliphatic carbocycles. The Balaban J connectivity index is 2.16. The molecule has 0 atom stereocenters. The Bertz CT molecular complexity index is 858. The largest absolute Gasteiger partial charge is 0.481 e. The highest BCUT2D eigenvalue weighted by Crippen LogP contribution is 2.21. The van der Waals surface area contributed by atoms with Crippen LogP contribution in [0.4, 0.5) is 11.5 Å². The molecule has 1 amide bonds. The van der Waals surface area contributed by atoms with E-state index in [4.69, 9.17) is 4.74 Å². The van der Waals surface area contributed by atoms with Crippen molar-refractivity contribution in [1.29, 1.82) is 0 Å². The predicted molar refractivity (Wildman–Crippen MR) is 93.9 cm³/mol. The molecule has 0 spiro atoms. The van der Waals surface area contributed by atoms with Gasteiger partial charge in [-0.3, -0.25) is 9.52 Å². The average molecular weight is 364 g/mol. The molecule has 1 heterocycles. The van der Waals surface area contributed by atoms with Gasteiger partial charge in [0.05, 0.1) is 12.0 Å². The number of hydrogen-bond acceptors (Lipinski definition) is 6. The second-order valence-corrected chi connectivity index (χ2v) is 7.96. The van der Waals surface area contributed by atoms with Crippen molar-refractivity contribution in [2.45, 2.75) is 25.7 Å². The van der Waals surface area contributed by atoms with Crippen LogP contribution in [0.1, 0.15) is 20.8 Å². The van der Waals surface area contributed by atoms with E-state index in [2.05, 4.69) is 20.0 Å². The van der Waals surface area contributed by atoms with Gasteiger partial charge in [-0.25, -0.2) is 18.4 Å².